The molecule has 0 saturated carbocycles. The molecule has 0 N–H and O–H groups in total. The molecule has 0 heterocycles. The van der Waals surface area contributed by atoms with Gasteiger partial charge in [0.2, 0.25) is 0 Å². The Bertz CT molecular complexity index is 234. The van der Waals surface area contributed by atoms with Crippen molar-refractivity contribution in [3.05, 3.63) is 0 Å². The van der Waals surface area contributed by atoms with Gasteiger partial charge in [0.25, 0.3) is 0 Å². The topological polar surface area (TPSA) is 18.5 Å². The summed E-state index contributed by atoms with van der Waals surface area (Å²) in [5.41, 5.74) is 0. The summed E-state index contributed by atoms with van der Waals surface area (Å²) in [6.07, 6.45) is 0. The van der Waals surface area contributed by atoms with Crippen LogP contribution in [0.15, 0.2) is 0 Å². The van der Waals surface area contributed by atoms with Crippen molar-refractivity contribution in [1.82, 2.24) is 0 Å². The summed E-state index contributed by atoms with van der Waals surface area (Å²) in [7, 11) is -5.14. The number of hydrogen-bond acceptors (Lipinski definition) is 2. The molecule has 104 valence electrons. The fraction of sp³-hybridized carbons (Fsp3) is 1.00. The van der Waals surface area contributed by atoms with Gasteiger partial charge < -0.3 is 8.23 Å². The highest BCUT2D eigenvalue weighted by Gasteiger charge is 2.33. The molecular formula is C11H32O2Si4. The second-order valence-corrected chi connectivity index (χ2v) is 23.5. The third-order valence-electron chi connectivity index (χ3n) is 2.47. The van der Waals surface area contributed by atoms with Crippen LogP contribution in [-0.4, -0.2) is 34.0 Å². The Morgan fingerprint density at radius 1 is 0.765 bits per heavy atom. The highest BCUT2D eigenvalue weighted by Crippen LogP contribution is 2.25. The molecule has 0 unspecified atom stereocenters. The van der Waals surface area contributed by atoms with Crippen LogP contribution in [-0.2, 0) is 8.23 Å². The molecule has 0 aromatic heterocycles. The minimum absolute atomic E-state index is 0.879. The van der Waals surface area contributed by atoms with E-state index in [-0.39, 0.29) is 0 Å². The van der Waals surface area contributed by atoms with Gasteiger partial charge in [-0.05, 0) is 71.0 Å². The van der Waals surface area contributed by atoms with Crippen LogP contribution in [0.3, 0.4) is 0 Å². The SMILES string of the molecule is C[SiH](C)O[Si](C)(C)CC[Si](C)(C)O[Si](C)(C)C. The Kier molecular flexibility index (Phi) is 6.58. The van der Waals surface area contributed by atoms with E-state index in [0.29, 0.717) is 0 Å². The maximum absolute atomic E-state index is 6.38. The lowest BCUT2D eigenvalue weighted by Crippen LogP contribution is -2.44. The van der Waals surface area contributed by atoms with Crippen molar-refractivity contribution in [3.63, 3.8) is 0 Å². The Balaban J connectivity index is 4.26. The summed E-state index contributed by atoms with van der Waals surface area (Å²) in [6, 6.07) is 2.53. The van der Waals surface area contributed by atoms with Gasteiger partial charge in [0, 0.05) is 0 Å². The second-order valence-electron chi connectivity index (χ2n) is 7.40. The van der Waals surface area contributed by atoms with Crippen molar-refractivity contribution >= 4 is 34.0 Å². The van der Waals surface area contributed by atoms with E-state index in [9.17, 15) is 0 Å². The molecule has 0 aliphatic heterocycles. The van der Waals surface area contributed by atoms with E-state index < -0.39 is 34.0 Å². The lowest BCUT2D eigenvalue weighted by molar-refractivity contribution is 0.541. The smallest absolute Gasteiger partial charge is 0.173 e. The zero-order chi connectivity index (χ0) is 13.9. The summed E-state index contributed by atoms with van der Waals surface area (Å²) >= 11 is 0. The maximum Gasteiger partial charge on any atom is 0.173 e. The molecule has 0 aliphatic carbocycles. The van der Waals surface area contributed by atoms with Gasteiger partial charge in [0.1, 0.15) is 0 Å². The third-order valence-corrected chi connectivity index (χ3v) is 15.0. The van der Waals surface area contributed by atoms with Gasteiger partial charge in [-0.2, -0.15) is 0 Å². The molecule has 0 radical (unpaired) electrons. The third kappa shape index (κ3) is 10.4. The van der Waals surface area contributed by atoms with Crippen molar-refractivity contribution in [2.45, 2.75) is 71.0 Å². The van der Waals surface area contributed by atoms with Crippen LogP contribution in [0.25, 0.3) is 0 Å². The summed E-state index contributed by atoms with van der Waals surface area (Å²) in [5.74, 6) is 0. The predicted molar refractivity (Wildman–Crippen MR) is 89.0 cm³/mol. The molecule has 0 rings (SSSR count). The van der Waals surface area contributed by atoms with E-state index in [1.54, 1.807) is 0 Å². The van der Waals surface area contributed by atoms with Crippen molar-refractivity contribution in [1.29, 1.82) is 0 Å². The monoisotopic (exact) mass is 308 g/mol. The Morgan fingerprint density at radius 3 is 1.53 bits per heavy atom. The summed E-state index contributed by atoms with van der Waals surface area (Å²) in [4.78, 5) is 0. The predicted octanol–water partition coefficient (Wildman–Crippen LogP) is 4.25. The second kappa shape index (κ2) is 6.29. The van der Waals surface area contributed by atoms with Crippen molar-refractivity contribution in [2.75, 3.05) is 0 Å². The van der Waals surface area contributed by atoms with Gasteiger partial charge >= 0.3 is 0 Å². The van der Waals surface area contributed by atoms with Crippen LogP contribution in [0.2, 0.25) is 71.0 Å². The van der Waals surface area contributed by atoms with E-state index >= 15 is 0 Å². The van der Waals surface area contributed by atoms with Gasteiger partial charge in [-0.1, -0.05) is 0 Å². The molecular weight excluding hydrogens is 276 g/mol. The summed E-state index contributed by atoms with van der Waals surface area (Å²) < 4.78 is 12.6. The van der Waals surface area contributed by atoms with E-state index in [4.69, 9.17) is 8.23 Å². The summed E-state index contributed by atoms with van der Waals surface area (Å²) in [6.45, 7) is 20.9. The molecule has 6 heteroatoms. The lowest BCUT2D eigenvalue weighted by Gasteiger charge is -2.34. The molecule has 17 heavy (non-hydrogen) atoms. The molecule has 2 nitrogen and oxygen atoms in total. The van der Waals surface area contributed by atoms with Crippen LogP contribution in [0.1, 0.15) is 0 Å². The minimum Gasteiger partial charge on any atom is -0.458 e. The van der Waals surface area contributed by atoms with E-state index in [2.05, 4.69) is 58.9 Å². The Hall–Kier alpha value is 0.788. The van der Waals surface area contributed by atoms with Gasteiger partial charge in [-0.3, -0.25) is 0 Å². The van der Waals surface area contributed by atoms with Gasteiger partial charge in [0.05, 0.1) is 0 Å². The van der Waals surface area contributed by atoms with Crippen LogP contribution in [0.4, 0.5) is 0 Å². The van der Waals surface area contributed by atoms with Crippen LogP contribution in [0, 0.1) is 0 Å². The zero-order valence-electron chi connectivity index (χ0n) is 13.3. The summed E-state index contributed by atoms with van der Waals surface area (Å²) in [5, 5.41) is 0. The highest BCUT2D eigenvalue weighted by molar-refractivity contribution is 6.86. The zero-order valence-corrected chi connectivity index (χ0v) is 17.5. The first kappa shape index (κ1) is 17.8. The van der Waals surface area contributed by atoms with Gasteiger partial charge in [-0.25, -0.2) is 0 Å². The van der Waals surface area contributed by atoms with Crippen LogP contribution < -0.4 is 0 Å². The quantitative estimate of drug-likeness (QED) is 0.655. The average molecular weight is 309 g/mol. The first-order chi connectivity index (χ1) is 7.33. The molecule has 0 spiro atoms. The number of hydrogen-bond donors (Lipinski definition) is 0. The number of rotatable bonds is 7. The lowest BCUT2D eigenvalue weighted by atomic mass is 10.9. The largest absolute Gasteiger partial charge is 0.458 e. The van der Waals surface area contributed by atoms with Crippen molar-refractivity contribution < 1.29 is 8.23 Å². The first-order valence-corrected chi connectivity index (χ1v) is 19.1. The minimum atomic E-state index is -1.47. The normalized spacial score (nSPS) is 14.5. The van der Waals surface area contributed by atoms with E-state index in [1.165, 1.54) is 12.1 Å². The Labute approximate surface area is 113 Å². The van der Waals surface area contributed by atoms with Gasteiger partial charge in [-0.15, -0.1) is 0 Å². The molecule has 0 bridgehead atoms. The van der Waals surface area contributed by atoms with Crippen LogP contribution in [0.5, 0.6) is 0 Å². The van der Waals surface area contributed by atoms with E-state index in [1.807, 2.05) is 0 Å². The standard InChI is InChI=1S/C11H32O2Si4/c1-14(2)12-16(6,7)10-11-17(8,9)13-15(3,4)5/h14H,10-11H2,1-9H3. The molecule has 0 amide bonds. The van der Waals surface area contributed by atoms with Gasteiger partial charge in [0.15, 0.2) is 34.0 Å². The fourth-order valence-corrected chi connectivity index (χ4v) is 19.6. The van der Waals surface area contributed by atoms with E-state index in [0.717, 1.165) is 0 Å². The molecule has 0 saturated heterocycles. The molecule has 0 atom stereocenters. The molecule has 0 aromatic carbocycles. The fourth-order valence-electron chi connectivity index (χ4n) is 2.18. The molecule has 0 fully saturated rings. The van der Waals surface area contributed by atoms with Crippen molar-refractivity contribution in [3.8, 4) is 0 Å². The highest BCUT2D eigenvalue weighted by atomic mass is 28.4. The molecule has 0 aliphatic rings. The average Bonchev–Trinajstić information content (AvgIpc) is 1.94. The Morgan fingerprint density at radius 2 is 1.18 bits per heavy atom. The van der Waals surface area contributed by atoms with Crippen molar-refractivity contribution in [2.24, 2.45) is 0 Å². The van der Waals surface area contributed by atoms with Crippen LogP contribution >= 0.6 is 0 Å². The first-order valence-electron chi connectivity index (χ1n) is 6.71. The maximum atomic E-state index is 6.38. The molecule has 0 aromatic rings.